The maximum atomic E-state index is 12.8. The summed E-state index contributed by atoms with van der Waals surface area (Å²) in [5, 5.41) is 2.00. The molecule has 1 aliphatic rings. The van der Waals surface area contributed by atoms with Crippen LogP contribution in [0.1, 0.15) is 66.6 Å². The molecule has 124 valence electrons. The van der Waals surface area contributed by atoms with Crippen molar-refractivity contribution >= 4 is 17.2 Å². The molecule has 1 atom stereocenters. The summed E-state index contributed by atoms with van der Waals surface area (Å²) in [6, 6.07) is 2.45. The molecule has 1 aliphatic heterocycles. The van der Waals surface area contributed by atoms with Gasteiger partial charge in [0.15, 0.2) is 0 Å². The van der Waals surface area contributed by atoms with Gasteiger partial charge < -0.3 is 9.47 Å². The van der Waals surface area contributed by atoms with Crippen molar-refractivity contribution in [1.82, 2.24) is 14.5 Å². The Labute approximate surface area is 142 Å². The fourth-order valence-electron chi connectivity index (χ4n) is 3.31. The quantitative estimate of drug-likeness (QED) is 0.845. The van der Waals surface area contributed by atoms with Gasteiger partial charge in [-0.3, -0.25) is 4.79 Å². The van der Waals surface area contributed by atoms with Crippen molar-refractivity contribution in [2.24, 2.45) is 0 Å². The third kappa shape index (κ3) is 3.34. The van der Waals surface area contributed by atoms with Crippen molar-refractivity contribution in [2.45, 2.75) is 52.0 Å². The van der Waals surface area contributed by atoms with Crippen LogP contribution in [0.5, 0.6) is 0 Å². The molecule has 1 amide bonds. The van der Waals surface area contributed by atoms with Crippen LogP contribution in [0.15, 0.2) is 23.8 Å². The second kappa shape index (κ2) is 6.87. The van der Waals surface area contributed by atoms with E-state index in [1.807, 2.05) is 28.7 Å². The van der Waals surface area contributed by atoms with Gasteiger partial charge in [0.25, 0.3) is 5.91 Å². The molecular formula is C18H25N3OS. The summed E-state index contributed by atoms with van der Waals surface area (Å²) in [5.74, 6) is 1.64. The number of carbonyl (C=O) groups is 1. The Balaban J connectivity index is 1.75. The van der Waals surface area contributed by atoms with Crippen LogP contribution in [0.3, 0.4) is 0 Å². The number of aromatic nitrogens is 2. The third-order valence-electron chi connectivity index (χ3n) is 4.58. The van der Waals surface area contributed by atoms with E-state index < -0.39 is 0 Å². The van der Waals surface area contributed by atoms with Gasteiger partial charge >= 0.3 is 0 Å². The van der Waals surface area contributed by atoms with E-state index in [1.165, 1.54) is 4.88 Å². The molecule has 0 radical (unpaired) electrons. The van der Waals surface area contributed by atoms with Gasteiger partial charge in [0.2, 0.25) is 0 Å². The summed E-state index contributed by atoms with van der Waals surface area (Å²) >= 11 is 1.68. The van der Waals surface area contributed by atoms with Gasteiger partial charge in [0, 0.05) is 47.7 Å². The Morgan fingerprint density at radius 3 is 3.00 bits per heavy atom. The van der Waals surface area contributed by atoms with E-state index in [9.17, 15) is 4.79 Å². The molecule has 2 aromatic heterocycles. The highest BCUT2D eigenvalue weighted by Crippen LogP contribution is 2.29. The molecule has 5 heteroatoms. The molecule has 0 unspecified atom stereocenters. The second-order valence-corrected chi connectivity index (χ2v) is 7.53. The number of nitrogens with zero attached hydrogens (tertiary/aromatic N) is 3. The van der Waals surface area contributed by atoms with E-state index in [0.29, 0.717) is 12.0 Å². The fraction of sp³-hybridized carbons (Fsp3) is 0.556. The first kappa shape index (κ1) is 16.2. The first-order chi connectivity index (χ1) is 11.1. The standard InChI is InChI=1S/C18H25N3OS/c1-4-16-10-15(12-23-16)18(22)20-8-5-6-14(11-20)17-19-7-9-21(17)13(2)3/h7,9-10,12-14H,4-6,8,11H2,1-3H3/t14-/m0/s1. The van der Waals surface area contributed by atoms with E-state index >= 15 is 0 Å². The number of hydrogen-bond donors (Lipinski definition) is 0. The highest BCUT2D eigenvalue weighted by molar-refractivity contribution is 7.10. The van der Waals surface area contributed by atoms with Crippen LogP contribution < -0.4 is 0 Å². The number of likely N-dealkylation sites (tertiary alicyclic amines) is 1. The van der Waals surface area contributed by atoms with Crippen LogP contribution >= 0.6 is 11.3 Å². The number of piperidine rings is 1. The van der Waals surface area contributed by atoms with Crippen LogP contribution in [-0.4, -0.2) is 33.4 Å². The van der Waals surface area contributed by atoms with Gasteiger partial charge in [-0.2, -0.15) is 0 Å². The average molecular weight is 331 g/mol. The van der Waals surface area contributed by atoms with Crippen LogP contribution in [0.2, 0.25) is 0 Å². The van der Waals surface area contributed by atoms with E-state index in [-0.39, 0.29) is 5.91 Å². The summed E-state index contributed by atoms with van der Waals surface area (Å²) in [6.07, 6.45) is 7.07. The van der Waals surface area contributed by atoms with Crippen molar-refractivity contribution in [2.75, 3.05) is 13.1 Å². The van der Waals surface area contributed by atoms with E-state index in [1.54, 1.807) is 11.3 Å². The molecule has 1 fully saturated rings. The van der Waals surface area contributed by atoms with Gasteiger partial charge in [-0.25, -0.2) is 4.98 Å². The zero-order chi connectivity index (χ0) is 16.4. The SMILES string of the molecule is CCc1cc(C(=O)N2CCC[C@H](c3nccn3C(C)C)C2)cs1. The number of amides is 1. The van der Waals surface area contributed by atoms with Crippen molar-refractivity contribution in [1.29, 1.82) is 0 Å². The Kier molecular flexibility index (Phi) is 4.85. The molecule has 0 spiro atoms. The second-order valence-electron chi connectivity index (χ2n) is 6.53. The topological polar surface area (TPSA) is 38.1 Å². The van der Waals surface area contributed by atoms with E-state index in [4.69, 9.17) is 0 Å². The minimum Gasteiger partial charge on any atom is -0.338 e. The molecule has 3 heterocycles. The summed E-state index contributed by atoms with van der Waals surface area (Å²) in [7, 11) is 0. The van der Waals surface area contributed by atoms with Crippen molar-refractivity contribution in [3.8, 4) is 0 Å². The van der Waals surface area contributed by atoms with Crippen LogP contribution in [0.25, 0.3) is 0 Å². The lowest BCUT2D eigenvalue weighted by atomic mass is 9.96. The lowest BCUT2D eigenvalue weighted by Gasteiger charge is -2.33. The van der Waals surface area contributed by atoms with E-state index in [2.05, 4.69) is 30.3 Å². The van der Waals surface area contributed by atoms with Gasteiger partial charge in [0.1, 0.15) is 5.82 Å². The number of rotatable bonds is 4. The molecular weight excluding hydrogens is 306 g/mol. The molecule has 0 N–H and O–H groups in total. The summed E-state index contributed by atoms with van der Waals surface area (Å²) < 4.78 is 2.23. The number of carbonyl (C=O) groups excluding carboxylic acids is 1. The number of thiophene rings is 1. The van der Waals surface area contributed by atoms with Gasteiger partial charge in [-0.1, -0.05) is 6.92 Å². The average Bonchev–Trinajstić information content (AvgIpc) is 3.23. The summed E-state index contributed by atoms with van der Waals surface area (Å²) in [4.78, 5) is 20.6. The molecule has 0 aromatic carbocycles. The maximum absolute atomic E-state index is 12.8. The molecule has 0 bridgehead atoms. The van der Waals surface area contributed by atoms with Crippen LogP contribution in [0, 0.1) is 0 Å². The maximum Gasteiger partial charge on any atom is 0.254 e. The Bertz CT molecular complexity index is 673. The van der Waals surface area contributed by atoms with Crippen LogP contribution in [-0.2, 0) is 6.42 Å². The molecule has 2 aromatic rings. The fourth-order valence-corrected chi connectivity index (χ4v) is 4.12. The van der Waals surface area contributed by atoms with Crippen molar-refractivity contribution in [3.05, 3.63) is 40.1 Å². The predicted octanol–water partition coefficient (Wildman–Crippen LogP) is 4.11. The smallest absolute Gasteiger partial charge is 0.254 e. The zero-order valence-corrected chi connectivity index (χ0v) is 15.0. The minimum atomic E-state index is 0.174. The van der Waals surface area contributed by atoms with Gasteiger partial charge in [-0.15, -0.1) is 11.3 Å². The molecule has 23 heavy (non-hydrogen) atoms. The Hall–Kier alpha value is -1.62. The molecule has 1 saturated heterocycles. The van der Waals surface area contributed by atoms with Crippen LogP contribution in [0.4, 0.5) is 0 Å². The molecule has 4 nitrogen and oxygen atoms in total. The molecule has 0 saturated carbocycles. The highest BCUT2D eigenvalue weighted by Gasteiger charge is 2.28. The molecule has 3 rings (SSSR count). The lowest BCUT2D eigenvalue weighted by Crippen LogP contribution is -2.39. The van der Waals surface area contributed by atoms with Crippen molar-refractivity contribution < 1.29 is 4.79 Å². The monoisotopic (exact) mass is 331 g/mol. The number of aryl methyl sites for hydroxylation is 1. The predicted molar refractivity (Wildman–Crippen MR) is 94.2 cm³/mol. The normalized spacial score (nSPS) is 18.6. The largest absolute Gasteiger partial charge is 0.338 e. The first-order valence-electron chi connectivity index (χ1n) is 8.49. The lowest BCUT2D eigenvalue weighted by molar-refractivity contribution is 0.0703. The Morgan fingerprint density at radius 2 is 2.30 bits per heavy atom. The minimum absolute atomic E-state index is 0.174. The highest BCUT2D eigenvalue weighted by atomic mass is 32.1. The van der Waals surface area contributed by atoms with Gasteiger partial charge in [0.05, 0.1) is 5.56 Å². The first-order valence-corrected chi connectivity index (χ1v) is 9.37. The van der Waals surface area contributed by atoms with Crippen molar-refractivity contribution in [3.63, 3.8) is 0 Å². The summed E-state index contributed by atoms with van der Waals surface area (Å²) in [5.41, 5.74) is 0.847. The Morgan fingerprint density at radius 1 is 1.48 bits per heavy atom. The number of imidazole rings is 1. The van der Waals surface area contributed by atoms with E-state index in [0.717, 1.165) is 43.7 Å². The third-order valence-corrected chi connectivity index (χ3v) is 5.66. The summed E-state index contributed by atoms with van der Waals surface area (Å²) in [6.45, 7) is 8.11. The van der Waals surface area contributed by atoms with Gasteiger partial charge in [-0.05, 0) is 39.2 Å². The zero-order valence-electron chi connectivity index (χ0n) is 14.2. The number of hydrogen-bond acceptors (Lipinski definition) is 3. The molecule has 0 aliphatic carbocycles.